The van der Waals surface area contributed by atoms with Gasteiger partial charge in [-0.15, -0.1) is 0 Å². The number of benzene rings is 1. The Balaban J connectivity index is 1.51. The molecule has 1 saturated heterocycles. The number of rotatable bonds is 5. The highest BCUT2D eigenvalue weighted by molar-refractivity contribution is 6.11. The van der Waals surface area contributed by atoms with E-state index in [0.717, 1.165) is 37.8 Å². The number of likely N-dealkylation sites (tertiary alicyclic amines) is 1. The molecule has 5 rings (SSSR count). The summed E-state index contributed by atoms with van der Waals surface area (Å²) >= 11 is 0. The highest BCUT2D eigenvalue weighted by Gasteiger charge is 2.57. The zero-order valence-corrected chi connectivity index (χ0v) is 19.0. The monoisotopic (exact) mass is 451 g/mol. The summed E-state index contributed by atoms with van der Waals surface area (Å²) < 4.78 is 17.2. The van der Waals surface area contributed by atoms with Gasteiger partial charge >= 0.3 is 0 Å². The molecule has 33 heavy (non-hydrogen) atoms. The van der Waals surface area contributed by atoms with Gasteiger partial charge in [0, 0.05) is 49.4 Å². The highest BCUT2D eigenvalue weighted by atomic mass is 19.1. The molecule has 2 atom stereocenters. The summed E-state index contributed by atoms with van der Waals surface area (Å²) in [6, 6.07) is 9.86. The standard InChI is InChI=1S/C26H30FN3O3/c1-2-21-22-12-7-13-28(22)14-15-29(21)23(31)16-26(19-10-5-6-11-20(19)27)17-24(32)30(25(26)33)18-8-3-4-9-18/h5-7,10-13,18,21H,2-4,8-9,14-17H2,1H3/t21-,26-/m0/s1. The van der Waals surface area contributed by atoms with Crippen LogP contribution in [0.15, 0.2) is 42.6 Å². The zero-order chi connectivity index (χ0) is 23.2. The number of nitrogens with zero attached hydrogens (tertiary/aromatic N) is 3. The predicted molar refractivity (Wildman–Crippen MR) is 121 cm³/mol. The van der Waals surface area contributed by atoms with Crippen LogP contribution < -0.4 is 0 Å². The van der Waals surface area contributed by atoms with Crippen molar-refractivity contribution in [1.82, 2.24) is 14.4 Å². The van der Waals surface area contributed by atoms with E-state index >= 15 is 4.39 Å². The molecule has 1 aromatic heterocycles. The number of hydrogen-bond acceptors (Lipinski definition) is 3. The van der Waals surface area contributed by atoms with Crippen LogP contribution in [0, 0.1) is 5.82 Å². The second kappa shape index (κ2) is 8.43. The van der Waals surface area contributed by atoms with E-state index in [1.807, 2.05) is 30.2 Å². The molecule has 174 valence electrons. The molecular weight excluding hydrogens is 421 g/mol. The van der Waals surface area contributed by atoms with E-state index in [9.17, 15) is 14.4 Å². The maximum atomic E-state index is 15.1. The first-order chi connectivity index (χ1) is 16.0. The normalized spacial score (nSPS) is 25.7. The Kier molecular flexibility index (Phi) is 5.59. The summed E-state index contributed by atoms with van der Waals surface area (Å²) in [7, 11) is 0. The van der Waals surface area contributed by atoms with E-state index in [-0.39, 0.29) is 42.3 Å². The molecule has 0 unspecified atom stereocenters. The Morgan fingerprint density at radius 1 is 1.09 bits per heavy atom. The molecule has 2 aliphatic heterocycles. The van der Waals surface area contributed by atoms with Gasteiger partial charge in [0.15, 0.2) is 0 Å². The molecule has 2 aromatic rings. The van der Waals surface area contributed by atoms with Crippen molar-refractivity contribution in [3.05, 3.63) is 59.7 Å². The summed E-state index contributed by atoms with van der Waals surface area (Å²) in [5.41, 5.74) is -0.260. The number of aromatic nitrogens is 1. The highest BCUT2D eigenvalue weighted by Crippen LogP contribution is 2.44. The smallest absolute Gasteiger partial charge is 0.241 e. The molecule has 1 saturated carbocycles. The lowest BCUT2D eigenvalue weighted by Gasteiger charge is -2.39. The van der Waals surface area contributed by atoms with Gasteiger partial charge in [0.25, 0.3) is 0 Å². The average molecular weight is 452 g/mol. The van der Waals surface area contributed by atoms with Gasteiger partial charge in [-0.2, -0.15) is 0 Å². The minimum atomic E-state index is -1.49. The van der Waals surface area contributed by atoms with Gasteiger partial charge in [-0.05, 0) is 37.5 Å². The lowest BCUT2D eigenvalue weighted by molar-refractivity contribution is -0.145. The van der Waals surface area contributed by atoms with Crippen LogP contribution in [-0.2, 0) is 26.3 Å². The molecule has 1 aromatic carbocycles. The quantitative estimate of drug-likeness (QED) is 0.647. The van der Waals surface area contributed by atoms with Crippen molar-refractivity contribution in [3.63, 3.8) is 0 Å². The van der Waals surface area contributed by atoms with Gasteiger partial charge in [0.2, 0.25) is 17.7 Å². The van der Waals surface area contributed by atoms with Gasteiger partial charge in [-0.1, -0.05) is 38.0 Å². The number of carbonyl (C=O) groups excluding carboxylic acids is 3. The molecule has 2 fully saturated rings. The van der Waals surface area contributed by atoms with Gasteiger partial charge in [0.05, 0.1) is 11.5 Å². The largest absolute Gasteiger partial charge is 0.348 e. The second-order valence-corrected chi connectivity index (χ2v) is 9.56. The van der Waals surface area contributed by atoms with E-state index in [1.54, 1.807) is 18.2 Å². The van der Waals surface area contributed by atoms with E-state index in [2.05, 4.69) is 4.57 Å². The van der Waals surface area contributed by atoms with E-state index in [1.165, 1.54) is 11.0 Å². The Bertz CT molecular complexity index is 1090. The molecular formula is C26H30FN3O3. The Morgan fingerprint density at radius 2 is 1.85 bits per heavy atom. The Hall–Kier alpha value is -2.96. The zero-order valence-electron chi connectivity index (χ0n) is 19.0. The summed E-state index contributed by atoms with van der Waals surface area (Å²) in [6.07, 6.45) is 5.90. The van der Waals surface area contributed by atoms with Crippen LogP contribution in [0.3, 0.4) is 0 Å². The van der Waals surface area contributed by atoms with Crippen molar-refractivity contribution in [2.75, 3.05) is 6.54 Å². The van der Waals surface area contributed by atoms with Crippen LogP contribution in [0.25, 0.3) is 0 Å². The van der Waals surface area contributed by atoms with Crippen molar-refractivity contribution in [2.45, 2.75) is 75.9 Å². The maximum absolute atomic E-state index is 15.1. The third-order valence-corrected chi connectivity index (χ3v) is 7.75. The van der Waals surface area contributed by atoms with Crippen molar-refractivity contribution in [3.8, 4) is 0 Å². The number of hydrogen-bond donors (Lipinski definition) is 0. The third kappa shape index (κ3) is 3.49. The molecule has 6 nitrogen and oxygen atoms in total. The minimum absolute atomic E-state index is 0.0999. The summed E-state index contributed by atoms with van der Waals surface area (Å²) in [5, 5.41) is 0. The third-order valence-electron chi connectivity index (χ3n) is 7.75. The number of amides is 3. The second-order valence-electron chi connectivity index (χ2n) is 9.56. The Morgan fingerprint density at radius 3 is 2.58 bits per heavy atom. The van der Waals surface area contributed by atoms with E-state index < -0.39 is 17.1 Å². The van der Waals surface area contributed by atoms with Crippen molar-refractivity contribution in [2.24, 2.45) is 0 Å². The lowest BCUT2D eigenvalue weighted by Crippen LogP contribution is -2.48. The van der Waals surface area contributed by atoms with Crippen LogP contribution in [-0.4, -0.2) is 44.7 Å². The fourth-order valence-corrected chi connectivity index (χ4v) is 6.14. The first-order valence-electron chi connectivity index (χ1n) is 12.0. The van der Waals surface area contributed by atoms with Gasteiger partial charge in [0.1, 0.15) is 5.82 Å². The number of imide groups is 1. The number of carbonyl (C=O) groups is 3. The van der Waals surface area contributed by atoms with Crippen LogP contribution >= 0.6 is 0 Å². The minimum Gasteiger partial charge on any atom is -0.348 e. The first-order valence-corrected chi connectivity index (χ1v) is 12.0. The Labute approximate surface area is 193 Å². The molecule has 0 radical (unpaired) electrons. The molecule has 3 aliphatic rings. The van der Waals surface area contributed by atoms with Crippen LogP contribution in [0.5, 0.6) is 0 Å². The average Bonchev–Trinajstić information content (AvgIpc) is 3.54. The molecule has 0 bridgehead atoms. The molecule has 0 spiro atoms. The van der Waals surface area contributed by atoms with Gasteiger partial charge in [-0.25, -0.2) is 4.39 Å². The molecule has 3 amide bonds. The van der Waals surface area contributed by atoms with Crippen LogP contribution in [0.1, 0.15) is 69.2 Å². The van der Waals surface area contributed by atoms with Crippen molar-refractivity contribution in [1.29, 1.82) is 0 Å². The van der Waals surface area contributed by atoms with Crippen LogP contribution in [0.2, 0.25) is 0 Å². The lowest BCUT2D eigenvalue weighted by atomic mass is 9.75. The first kappa shape index (κ1) is 21.9. The summed E-state index contributed by atoms with van der Waals surface area (Å²) in [6.45, 7) is 3.24. The predicted octanol–water partition coefficient (Wildman–Crippen LogP) is 3.95. The fraction of sp³-hybridized carbons (Fsp3) is 0.500. The maximum Gasteiger partial charge on any atom is 0.241 e. The summed E-state index contributed by atoms with van der Waals surface area (Å²) in [5.74, 6) is -1.44. The van der Waals surface area contributed by atoms with Gasteiger partial charge < -0.3 is 9.47 Å². The molecule has 7 heteroatoms. The topological polar surface area (TPSA) is 62.6 Å². The summed E-state index contributed by atoms with van der Waals surface area (Å²) in [4.78, 5) is 43.9. The fourth-order valence-electron chi connectivity index (χ4n) is 6.14. The number of fused-ring (bicyclic) bond motifs is 1. The molecule has 0 N–H and O–H groups in total. The van der Waals surface area contributed by atoms with Gasteiger partial charge in [-0.3, -0.25) is 19.3 Å². The van der Waals surface area contributed by atoms with Crippen molar-refractivity contribution >= 4 is 17.7 Å². The van der Waals surface area contributed by atoms with E-state index in [0.29, 0.717) is 13.1 Å². The molecule has 3 heterocycles. The SMILES string of the molecule is CC[C@H]1c2cccn2CCN1C(=O)C[C@@]1(c2ccccc2F)CC(=O)N(C2CCCC2)C1=O. The van der Waals surface area contributed by atoms with E-state index in [4.69, 9.17) is 0 Å². The molecule has 1 aliphatic carbocycles. The van der Waals surface area contributed by atoms with Crippen LogP contribution in [0.4, 0.5) is 4.39 Å². The number of halogens is 1. The van der Waals surface area contributed by atoms with Crippen molar-refractivity contribution < 1.29 is 18.8 Å².